The number of aryl methyl sites for hydroxylation is 1. The molecule has 1 unspecified atom stereocenters. The van der Waals surface area contributed by atoms with Crippen molar-refractivity contribution < 1.29 is 9.47 Å². The molecule has 1 atom stereocenters. The number of rotatable bonds is 6. The molecule has 0 aliphatic rings. The predicted octanol–water partition coefficient (Wildman–Crippen LogP) is 4.25. The van der Waals surface area contributed by atoms with Gasteiger partial charge < -0.3 is 14.4 Å². The fraction of sp³-hybridized carbons (Fsp3) is 0.333. The smallest absolute Gasteiger partial charge is 0.169 e. The Hall–Kier alpha value is -2.16. The summed E-state index contributed by atoms with van der Waals surface area (Å²) in [7, 11) is 1.68. The van der Waals surface area contributed by atoms with Crippen molar-refractivity contribution in [1.82, 2.24) is 0 Å². The van der Waals surface area contributed by atoms with Gasteiger partial charge in [-0.1, -0.05) is 23.8 Å². The molecule has 0 fully saturated rings. The lowest BCUT2D eigenvalue weighted by molar-refractivity contribution is 0.216. The van der Waals surface area contributed by atoms with Gasteiger partial charge in [-0.25, -0.2) is 0 Å². The molecule has 0 aromatic heterocycles. The molecule has 2 rings (SSSR count). The van der Waals surface area contributed by atoms with E-state index in [-0.39, 0.29) is 6.23 Å². The summed E-state index contributed by atoms with van der Waals surface area (Å²) in [5, 5.41) is 0. The van der Waals surface area contributed by atoms with Crippen LogP contribution < -0.4 is 14.4 Å². The minimum Gasteiger partial charge on any atom is -0.497 e. The lowest BCUT2D eigenvalue weighted by atomic mass is 10.2. The van der Waals surface area contributed by atoms with Crippen LogP contribution in [0.25, 0.3) is 0 Å². The topological polar surface area (TPSA) is 21.7 Å². The summed E-state index contributed by atoms with van der Waals surface area (Å²) in [4.78, 5) is 2.20. The van der Waals surface area contributed by atoms with E-state index < -0.39 is 0 Å². The van der Waals surface area contributed by atoms with Crippen LogP contribution in [0.2, 0.25) is 0 Å². The Morgan fingerprint density at radius 3 is 2.38 bits per heavy atom. The Morgan fingerprint density at radius 2 is 1.76 bits per heavy atom. The van der Waals surface area contributed by atoms with Crippen molar-refractivity contribution in [2.24, 2.45) is 0 Å². The van der Waals surface area contributed by atoms with Gasteiger partial charge in [-0.15, -0.1) is 0 Å². The van der Waals surface area contributed by atoms with Crippen LogP contribution in [-0.4, -0.2) is 19.9 Å². The van der Waals surface area contributed by atoms with E-state index in [0.717, 1.165) is 23.7 Å². The van der Waals surface area contributed by atoms with Crippen LogP contribution in [0, 0.1) is 6.92 Å². The highest BCUT2D eigenvalue weighted by molar-refractivity contribution is 5.51. The Labute approximate surface area is 127 Å². The summed E-state index contributed by atoms with van der Waals surface area (Å²) in [6.07, 6.45) is -0.0511. The van der Waals surface area contributed by atoms with Crippen molar-refractivity contribution in [3.8, 4) is 11.5 Å². The molecule has 0 amide bonds. The van der Waals surface area contributed by atoms with Crippen LogP contribution in [0.15, 0.2) is 48.5 Å². The van der Waals surface area contributed by atoms with Gasteiger partial charge in [0.25, 0.3) is 0 Å². The van der Waals surface area contributed by atoms with Gasteiger partial charge >= 0.3 is 0 Å². The van der Waals surface area contributed by atoms with Crippen LogP contribution in [0.5, 0.6) is 11.5 Å². The van der Waals surface area contributed by atoms with Crippen molar-refractivity contribution in [1.29, 1.82) is 0 Å². The minimum atomic E-state index is -0.0511. The number of benzene rings is 2. The fourth-order valence-electron chi connectivity index (χ4n) is 2.32. The van der Waals surface area contributed by atoms with Gasteiger partial charge in [-0.05, 0) is 45.0 Å². The van der Waals surface area contributed by atoms with Crippen molar-refractivity contribution in [2.75, 3.05) is 18.6 Å². The zero-order chi connectivity index (χ0) is 15.2. The van der Waals surface area contributed by atoms with Crippen LogP contribution >= 0.6 is 0 Å². The van der Waals surface area contributed by atoms with Crippen molar-refractivity contribution in [3.05, 3.63) is 54.1 Å². The number of methoxy groups -OCH3 is 1. The number of nitrogens with zero attached hydrogens (tertiary/aromatic N) is 1. The van der Waals surface area contributed by atoms with Crippen LogP contribution in [0.3, 0.4) is 0 Å². The van der Waals surface area contributed by atoms with Gasteiger partial charge in [-0.3, -0.25) is 0 Å². The molecule has 0 heterocycles. The van der Waals surface area contributed by atoms with Gasteiger partial charge in [-0.2, -0.15) is 0 Å². The third kappa shape index (κ3) is 3.91. The minimum absolute atomic E-state index is 0.0511. The maximum Gasteiger partial charge on any atom is 0.169 e. The molecule has 0 bridgehead atoms. The average Bonchev–Trinajstić information content (AvgIpc) is 2.50. The van der Waals surface area contributed by atoms with Crippen molar-refractivity contribution >= 4 is 5.69 Å². The first-order valence-corrected chi connectivity index (χ1v) is 7.28. The third-order valence-corrected chi connectivity index (χ3v) is 3.49. The molecule has 112 valence electrons. The summed E-state index contributed by atoms with van der Waals surface area (Å²) in [6, 6.07) is 16.2. The van der Waals surface area contributed by atoms with Gasteiger partial charge in [0.15, 0.2) is 6.23 Å². The zero-order valence-corrected chi connectivity index (χ0v) is 13.2. The van der Waals surface area contributed by atoms with Crippen LogP contribution in [-0.2, 0) is 0 Å². The van der Waals surface area contributed by atoms with E-state index in [2.05, 4.69) is 43.9 Å². The first-order valence-electron chi connectivity index (χ1n) is 7.28. The van der Waals surface area contributed by atoms with Crippen molar-refractivity contribution in [3.63, 3.8) is 0 Å². The molecule has 0 aliphatic heterocycles. The standard InChI is InChI=1S/C18H23NO2/c1-5-19(16-7-6-8-18(13-16)20-4)15(3)21-17-11-9-14(2)10-12-17/h6-13,15H,5H2,1-4H3. The molecule has 0 N–H and O–H groups in total. The monoisotopic (exact) mass is 285 g/mol. The Kier molecular flexibility index (Phi) is 5.09. The summed E-state index contributed by atoms with van der Waals surface area (Å²) < 4.78 is 11.3. The fourth-order valence-corrected chi connectivity index (χ4v) is 2.32. The maximum absolute atomic E-state index is 6.04. The van der Waals surface area contributed by atoms with E-state index in [1.807, 2.05) is 30.3 Å². The van der Waals surface area contributed by atoms with E-state index in [1.165, 1.54) is 5.56 Å². The van der Waals surface area contributed by atoms with E-state index in [0.29, 0.717) is 0 Å². The first-order chi connectivity index (χ1) is 10.1. The lowest BCUT2D eigenvalue weighted by Gasteiger charge is -2.30. The second-order valence-electron chi connectivity index (χ2n) is 5.02. The van der Waals surface area contributed by atoms with E-state index in [9.17, 15) is 0 Å². The summed E-state index contributed by atoms with van der Waals surface area (Å²) in [5.74, 6) is 1.74. The first kappa shape index (κ1) is 15.2. The SMILES string of the molecule is CCN(c1cccc(OC)c1)C(C)Oc1ccc(C)cc1. The lowest BCUT2D eigenvalue weighted by Crippen LogP contribution is -2.37. The molecule has 2 aromatic carbocycles. The van der Waals surface area contributed by atoms with Gasteiger partial charge in [0.05, 0.1) is 7.11 Å². The molecule has 3 heteroatoms. The summed E-state index contributed by atoms with van der Waals surface area (Å²) >= 11 is 0. The van der Waals surface area contributed by atoms with E-state index in [1.54, 1.807) is 7.11 Å². The molecule has 2 aromatic rings. The molecule has 0 saturated carbocycles. The Morgan fingerprint density at radius 1 is 1.05 bits per heavy atom. The van der Waals surface area contributed by atoms with E-state index >= 15 is 0 Å². The van der Waals surface area contributed by atoms with Gasteiger partial charge in [0, 0.05) is 18.3 Å². The van der Waals surface area contributed by atoms with E-state index in [4.69, 9.17) is 9.47 Å². The zero-order valence-electron chi connectivity index (χ0n) is 13.2. The number of hydrogen-bond acceptors (Lipinski definition) is 3. The normalized spacial score (nSPS) is 11.8. The van der Waals surface area contributed by atoms with Gasteiger partial charge in [0.2, 0.25) is 0 Å². The molecule has 3 nitrogen and oxygen atoms in total. The highest BCUT2D eigenvalue weighted by atomic mass is 16.5. The average molecular weight is 285 g/mol. The molecule has 0 radical (unpaired) electrons. The van der Waals surface area contributed by atoms with Crippen molar-refractivity contribution in [2.45, 2.75) is 27.0 Å². The molecule has 21 heavy (non-hydrogen) atoms. The van der Waals surface area contributed by atoms with Gasteiger partial charge in [0.1, 0.15) is 11.5 Å². The highest BCUT2D eigenvalue weighted by Gasteiger charge is 2.14. The van der Waals surface area contributed by atoms with Crippen LogP contribution in [0.1, 0.15) is 19.4 Å². The molecule has 0 spiro atoms. The maximum atomic E-state index is 6.04. The number of hydrogen-bond donors (Lipinski definition) is 0. The molecule has 0 aliphatic carbocycles. The molecule has 0 saturated heterocycles. The summed E-state index contributed by atoms with van der Waals surface area (Å²) in [5.41, 5.74) is 2.33. The quantitative estimate of drug-likeness (QED) is 0.740. The van der Waals surface area contributed by atoms with Crippen LogP contribution in [0.4, 0.5) is 5.69 Å². The Balaban J connectivity index is 2.13. The second kappa shape index (κ2) is 7.02. The summed E-state index contributed by atoms with van der Waals surface area (Å²) in [6.45, 7) is 7.11. The second-order valence-corrected chi connectivity index (χ2v) is 5.02. The largest absolute Gasteiger partial charge is 0.497 e. The Bertz CT molecular complexity index is 566. The molecular formula is C18H23NO2. The predicted molar refractivity (Wildman–Crippen MR) is 87.3 cm³/mol. The third-order valence-electron chi connectivity index (χ3n) is 3.49. The number of anilines is 1. The highest BCUT2D eigenvalue weighted by Crippen LogP contribution is 2.24. The number of ether oxygens (including phenoxy) is 2. The molecular weight excluding hydrogens is 262 g/mol.